The minimum atomic E-state index is -0.587. The molecule has 45 heavy (non-hydrogen) atoms. The van der Waals surface area contributed by atoms with Gasteiger partial charge in [-0.25, -0.2) is 9.59 Å². The second-order valence-electron chi connectivity index (χ2n) is 11.5. The first-order valence-electron chi connectivity index (χ1n) is 15.8. The van der Waals surface area contributed by atoms with E-state index in [4.69, 9.17) is 9.47 Å². The van der Waals surface area contributed by atoms with E-state index in [0.717, 1.165) is 41.9 Å². The summed E-state index contributed by atoms with van der Waals surface area (Å²) in [4.78, 5) is 42.2. The van der Waals surface area contributed by atoms with Crippen molar-refractivity contribution in [1.82, 2.24) is 20.9 Å². The van der Waals surface area contributed by atoms with E-state index in [2.05, 4.69) is 45.1 Å². The average molecular weight is 635 g/mol. The minimum absolute atomic E-state index is 0.0238. The van der Waals surface area contributed by atoms with Gasteiger partial charge in [-0.1, -0.05) is 66.7 Å². The third-order valence-electron chi connectivity index (χ3n) is 8.11. The van der Waals surface area contributed by atoms with Gasteiger partial charge in [0, 0.05) is 44.0 Å². The molecule has 10 heteroatoms. The van der Waals surface area contributed by atoms with Crippen LogP contribution in [0.2, 0.25) is 0 Å². The summed E-state index contributed by atoms with van der Waals surface area (Å²) >= 11 is 1.55. The van der Waals surface area contributed by atoms with Gasteiger partial charge in [0.15, 0.2) is 5.78 Å². The summed E-state index contributed by atoms with van der Waals surface area (Å²) in [6, 6.07) is 23.0. The highest BCUT2D eigenvalue weighted by molar-refractivity contribution is 7.09. The van der Waals surface area contributed by atoms with Gasteiger partial charge in [0.25, 0.3) is 0 Å². The zero-order chi connectivity index (χ0) is 31.7. The van der Waals surface area contributed by atoms with Gasteiger partial charge in [-0.15, -0.1) is 11.3 Å². The quantitative estimate of drug-likeness (QED) is 0.188. The number of benzene rings is 2. The van der Waals surface area contributed by atoms with E-state index >= 15 is 0 Å². The Bertz CT molecular complexity index is 1290. The number of thiophene rings is 1. The summed E-state index contributed by atoms with van der Waals surface area (Å²) < 4.78 is 11.0. The SMILES string of the molecule is CNC(=O)NC(CCN1CCOCC1)C(=O)CC(CCC(Cc1ccccc1)NC(=O)OCc1cccs1)Cc1ccccc1. The smallest absolute Gasteiger partial charge is 0.407 e. The molecule has 0 saturated carbocycles. The molecule has 0 spiro atoms. The molecule has 2 heterocycles. The fraction of sp³-hybridized carbons (Fsp3) is 0.457. The van der Waals surface area contributed by atoms with Crippen molar-refractivity contribution in [3.63, 3.8) is 0 Å². The Hall–Kier alpha value is -3.73. The van der Waals surface area contributed by atoms with E-state index in [1.54, 1.807) is 18.4 Å². The Balaban J connectivity index is 1.43. The summed E-state index contributed by atoms with van der Waals surface area (Å²) in [7, 11) is 1.56. The van der Waals surface area contributed by atoms with Gasteiger partial charge in [0.2, 0.25) is 0 Å². The van der Waals surface area contributed by atoms with Gasteiger partial charge in [-0.05, 0) is 60.6 Å². The Labute approximate surface area is 270 Å². The van der Waals surface area contributed by atoms with Crippen LogP contribution in [0, 0.1) is 5.92 Å². The van der Waals surface area contributed by atoms with Crippen molar-refractivity contribution in [2.75, 3.05) is 39.9 Å². The minimum Gasteiger partial charge on any atom is -0.444 e. The number of carbonyl (C=O) groups excluding carboxylic acids is 3. The van der Waals surface area contributed by atoms with Crippen LogP contribution >= 0.6 is 11.3 Å². The Morgan fingerprint density at radius 2 is 1.56 bits per heavy atom. The number of ether oxygens (including phenoxy) is 2. The lowest BCUT2D eigenvalue weighted by Crippen LogP contribution is -2.48. The molecule has 0 radical (unpaired) electrons. The molecule has 242 valence electrons. The van der Waals surface area contributed by atoms with E-state index in [0.29, 0.717) is 45.4 Å². The van der Waals surface area contributed by atoms with Crippen molar-refractivity contribution in [3.8, 4) is 0 Å². The molecule has 0 bridgehead atoms. The number of urea groups is 1. The maximum absolute atomic E-state index is 13.8. The number of hydrogen-bond donors (Lipinski definition) is 3. The number of Topliss-reactive ketones (excluding diaryl/α,β-unsaturated/α-hetero) is 1. The predicted molar refractivity (Wildman–Crippen MR) is 177 cm³/mol. The summed E-state index contributed by atoms with van der Waals surface area (Å²) in [5, 5.41) is 10.5. The molecule has 1 saturated heterocycles. The second-order valence-corrected chi connectivity index (χ2v) is 12.5. The Morgan fingerprint density at radius 1 is 0.867 bits per heavy atom. The van der Waals surface area contributed by atoms with Crippen LogP contribution in [-0.4, -0.2) is 74.8 Å². The van der Waals surface area contributed by atoms with Crippen molar-refractivity contribution in [3.05, 3.63) is 94.2 Å². The zero-order valence-electron chi connectivity index (χ0n) is 26.1. The molecule has 3 aromatic rings. The van der Waals surface area contributed by atoms with Gasteiger partial charge in [0.05, 0.1) is 19.3 Å². The summed E-state index contributed by atoms with van der Waals surface area (Å²) in [5.41, 5.74) is 2.28. The topological polar surface area (TPSA) is 109 Å². The number of nitrogens with zero attached hydrogens (tertiary/aromatic N) is 1. The molecule has 1 aromatic heterocycles. The second kappa shape index (κ2) is 18.9. The number of morpholine rings is 1. The first-order valence-corrected chi connectivity index (χ1v) is 16.7. The lowest BCUT2D eigenvalue weighted by molar-refractivity contribution is -0.122. The molecule has 1 fully saturated rings. The van der Waals surface area contributed by atoms with Crippen LogP contribution in [0.4, 0.5) is 9.59 Å². The molecule has 4 rings (SSSR count). The molecule has 3 unspecified atom stereocenters. The highest BCUT2D eigenvalue weighted by atomic mass is 32.1. The van der Waals surface area contributed by atoms with Gasteiger partial charge >= 0.3 is 12.1 Å². The molecule has 3 atom stereocenters. The van der Waals surface area contributed by atoms with Crippen LogP contribution in [0.15, 0.2) is 78.2 Å². The molecule has 0 aliphatic carbocycles. The van der Waals surface area contributed by atoms with Crippen LogP contribution in [-0.2, 0) is 33.7 Å². The monoisotopic (exact) mass is 634 g/mol. The molecular formula is C35H46N4O5S. The van der Waals surface area contributed by atoms with Crippen LogP contribution in [0.3, 0.4) is 0 Å². The molecule has 9 nitrogen and oxygen atoms in total. The average Bonchev–Trinajstić information content (AvgIpc) is 3.59. The fourth-order valence-electron chi connectivity index (χ4n) is 5.63. The van der Waals surface area contributed by atoms with E-state index in [-0.39, 0.29) is 30.4 Å². The van der Waals surface area contributed by atoms with Crippen molar-refractivity contribution in [2.24, 2.45) is 5.92 Å². The Morgan fingerprint density at radius 3 is 2.20 bits per heavy atom. The van der Waals surface area contributed by atoms with Crippen LogP contribution in [0.1, 0.15) is 41.7 Å². The van der Waals surface area contributed by atoms with E-state index < -0.39 is 12.1 Å². The predicted octanol–water partition coefficient (Wildman–Crippen LogP) is 5.20. The van der Waals surface area contributed by atoms with Crippen molar-refractivity contribution in [2.45, 2.75) is 57.2 Å². The maximum Gasteiger partial charge on any atom is 0.407 e. The lowest BCUT2D eigenvalue weighted by atomic mass is 9.86. The first kappa shape index (κ1) is 34.1. The fourth-order valence-corrected chi connectivity index (χ4v) is 6.25. The number of ketones is 1. The Kier molecular flexibility index (Phi) is 14.4. The van der Waals surface area contributed by atoms with Crippen molar-refractivity contribution in [1.29, 1.82) is 0 Å². The molecular weight excluding hydrogens is 588 g/mol. The largest absolute Gasteiger partial charge is 0.444 e. The highest BCUT2D eigenvalue weighted by Gasteiger charge is 2.26. The van der Waals surface area contributed by atoms with Gasteiger partial charge in [0.1, 0.15) is 6.61 Å². The van der Waals surface area contributed by atoms with E-state index in [1.165, 1.54) is 0 Å². The third kappa shape index (κ3) is 12.7. The van der Waals surface area contributed by atoms with Crippen LogP contribution in [0.25, 0.3) is 0 Å². The maximum atomic E-state index is 13.8. The summed E-state index contributed by atoms with van der Waals surface area (Å²) in [6.45, 7) is 3.95. The number of rotatable bonds is 17. The lowest BCUT2D eigenvalue weighted by Gasteiger charge is -2.29. The van der Waals surface area contributed by atoms with Gasteiger partial charge in [-0.3, -0.25) is 9.69 Å². The van der Waals surface area contributed by atoms with Crippen molar-refractivity contribution < 1.29 is 23.9 Å². The van der Waals surface area contributed by atoms with Crippen LogP contribution < -0.4 is 16.0 Å². The van der Waals surface area contributed by atoms with E-state index in [9.17, 15) is 14.4 Å². The number of nitrogens with one attached hydrogen (secondary N) is 3. The molecule has 2 aromatic carbocycles. The normalized spacial score (nSPS) is 15.4. The van der Waals surface area contributed by atoms with Gasteiger partial charge in [-0.2, -0.15) is 0 Å². The van der Waals surface area contributed by atoms with Gasteiger partial charge < -0.3 is 25.4 Å². The third-order valence-corrected chi connectivity index (χ3v) is 8.96. The number of amides is 3. The molecule has 1 aliphatic heterocycles. The first-order chi connectivity index (χ1) is 22.0. The number of hydrogen-bond acceptors (Lipinski definition) is 7. The number of alkyl carbamates (subject to hydrolysis) is 1. The molecule has 3 N–H and O–H groups in total. The standard InChI is InChI=1S/C35H46N4O5S/c1-36-34(41)38-32(16-17-39-18-20-43-21-19-39)33(40)25-29(23-27-9-4-2-5-10-27)14-15-30(24-28-11-6-3-7-12-28)37-35(42)44-26-31-13-8-22-45-31/h2-13,22,29-30,32H,14-21,23-26H2,1H3,(H,37,42)(H2,36,38,41). The zero-order valence-corrected chi connectivity index (χ0v) is 26.9. The highest BCUT2D eigenvalue weighted by Crippen LogP contribution is 2.22. The van der Waals surface area contributed by atoms with E-state index in [1.807, 2.05) is 53.9 Å². The van der Waals surface area contributed by atoms with Crippen LogP contribution in [0.5, 0.6) is 0 Å². The van der Waals surface area contributed by atoms with Crippen molar-refractivity contribution >= 4 is 29.2 Å². The summed E-state index contributed by atoms with van der Waals surface area (Å²) in [5.74, 6) is 0.0511. The molecule has 1 aliphatic rings. The number of carbonyl (C=O) groups is 3. The molecule has 3 amide bonds. The summed E-state index contributed by atoms with van der Waals surface area (Å²) in [6.07, 6.45) is 3.20.